The fourth-order valence-corrected chi connectivity index (χ4v) is 2.56. The minimum absolute atomic E-state index is 0.0496. The average Bonchev–Trinajstić information content (AvgIpc) is 2.60. The van der Waals surface area contributed by atoms with E-state index in [-0.39, 0.29) is 12.5 Å². The number of hydrogen-bond donors (Lipinski definition) is 2. The Hall–Kier alpha value is -2.81. The van der Waals surface area contributed by atoms with Gasteiger partial charge >= 0.3 is 0 Å². The van der Waals surface area contributed by atoms with Gasteiger partial charge in [0.05, 0.1) is 6.54 Å². The maximum absolute atomic E-state index is 12.1. The lowest BCUT2D eigenvalue weighted by Gasteiger charge is -2.09. The Labute approximate surface area is 136 Å². The van der Waals surface area contributed by atoms with Crippen molar-refractivity contribution in [3.05, 3.63) is 72.3 Å². The first-order valence-electron chi connectivity index (χ1n) is 7.86. The van der Waals surface area contributed by atoms with Gasteiger partial charge in [-0.25, -0.2) is 0 Å². The van der Waals surface area contributed by atoms with Gasteiger partial charge in [-0.05, 0) is 47.0 Å². The second-order valence-corrected chi connectivity index (χ2v) is 5.52. The van der Waals surface area contributed by atoms with Crippen LogP contribution in [-0.2, 0) is 11.2 Å². The SMILES string of the molecule is CCc1cccc(NC(=O)CNc2ccc3ccccc3c2)c1. The summed E-state index contributed by atoms with van der Waals surface area (Å²) in [6, 6.07) is 22.2. The average molecular weight is 304 g/mol. The Morgan fingerprint density at radius 3 is 2.52 bits per heavy atom. The van der Waals surface area contributed by atoms with Crippen molar-refractivity contribution >= 4 is 28.1 Å². The molecule has 0 aliphatic heterocycles. The molecule has 116 valence electrons. The first kappa shape index (κ1) is 15.1. The smallest absolute Gasteiger partial charge is 0.243 e. The first-order chi connectivity index (χ1) is 11.2. The normalized spacial score (nSPS) is 10.5. The minimum Gasteiger partial charge on any atom is -0.376 e. The number of benzene rings is 3. The van der Waals surface area contributed by atoms with Crippen LogP contribution in [0.5, 0.6) is 0 Å². The van der Waals surface area contributed by atoms with Gasteiger partial charge in [0.25, 0.3) is 0 Å². The van der Waals surface area contributed by atoms with Crippen LogP contribution in [-0.4, -0.2) is 12.5 Å². The highest BCUT2D eigenvalue weighted by atomic mass is 16.1. The van der Waals surface area contributed by atoms with Crippen molar-refractivity contribution in [3.63, 3.8) is 0 Å². The van der Waals surface area contributed by atoms with Gasteiger partial charge in [-0.1, -0.05) is 49.4 Å². The molecule has 3 aromatic rings. The lowest BCUT2D eigenvalue weighted by atomic mass is 10.1. The van der Waals surface area contributed by atoms with Gasteiger partial charge in [0, 0.05) is 11.4 Å². The van der Waals surface area contributed by atoms with Crippen LogP contribution in [0.3, 0.4) is 0 Å². The van der Waals surface area contributed by atoms with Gasteiger partial charge in [-0.2, -0.15) is 0 Å². The van der Waals surface area contributed by atoms with Gasteiger partial charge in [-0.3, -0.25) is 4.79 Å². The van der Waals surface area contributed by atoms with Gasteiger partial charge < -0.3 is 10.6 Å². The van der Waals surface area contributed by atoms with E-state index in [0.29, 0.717) is 0 Å². The summed E-state index contributed by atoms with van der Waals surface area (Å²) in [7, 11) is 0. The molecule has 3 nitrogen and oxygen atoms in total. The molecule has 3 heteroatoms. The zero-order valence-electron chi connectivity index (χ0n) is 13.2. The molecule has 0 spiro atoms. The third kappa shape index (κ3) is 3.89. The van der Waals surface area contributed by atoms with E-state index >= 15 is 0 Å². The number of aryl methyl sites for hydroxylation is 1. The molecule has 0 unspecified atom stereocenters. The highest BCUT2D eigenvalue weighted by molar-refractivity contribution is 5.94. The Balaban J connectivity index is 1.61. The molecule has 0 saturated carbocycles. The monoisotopic (exact) mass is 304 g/mol. The summed E-state index contributed by atoms with van der Waals surface area (Å²) in [5.41, 5.74) is 3.00. The number of rotatable bonds is 5. The molecule has 0 aromatic heterocycles. The van der Waals surface area contributed by atoms with Gasteiger partial charge in [0.15, 0.2) is 0 Å². The molecule has 0 atom stereocenters. The quantitative estimate of drug-likeness (QED) is 0.731. The number of fused-ring (bicyclic) bond motifs is 1. The largest absolute Gasteiger partial charge is 0.376 e. The summed E-state index contributed by atoms with van der Waals surface area (Å²) in [6.45, 7) is 2.34. The summed E-state index contributed by atoms with van der Waals surface area (Å²) in [5.74, 6) is -0.0496. The van der Waals surface area contributed by atoms with Crippen LogP contribution in [0, 0.1) is 0 Å². The maximum Gasteiger partial charge on any atom is 0.243 e. The van der Waals surface area contributed by atoms with Crippen molar-refractivity contribution in [2.24, 2.45) is 0 Å². The van der Waals surface area contributed by atoms with E-state index in [1.54, 1.807) is 0 Å². The van der Waals surface area contributed by atoms with Crippen molar-refractivity contribution in [1.29, 1.82) is 0 Å². The second kappa shape index (κ2) is 6.97. The zero-order chi connectivity index (χ0) is 16.1. The number of amides is 1. The molecule has 23 heavy (non-hydrogen) atoms. The second-order valence-electron chi connectivity index (χ2n) is 5.52. The molecule has 0 fully saturated rings. The molecule has 0 aliphatic carbocycles. The van der Waals surface area contributed by atoms with Crippen LogP contribution < -0.4 is 10.6 Å². The van der Waals surface area contributed by atoms with Gasteiger partial charge in [-0.15, -0.1) is 0 Å². The summed E-state index contributed by atoms with van der Waals surface area (Å²) < 4.78 is 0. The topological polar surface area (TPSA) is 41.1 Å². The summed E-state index contributed by atoms with van der Waals surface area (Å²) in [6.07, 6.45) is 0.957. The Morgan fingerprint density at radius 1 is 0.870 bits per heavy atom. The predicted molar refractivity (Wildman–Crippen MR) is 96.9 cm³/mol. The molecule has 0 bridgehead atoms. The molecule has 3 rings (SSSR count). The van der Waals surface area contributed by atoms with E-state index in [9.17, 15) is 4.79 Å². The standard InChI is InChI=1S/C20H20N2O/c1-2-15-6-5-9-19(12-15)22-20(23)14-21-18-11-10-16-7-3-4-8-17(16)13-18/h3-13,21H,2,14H2,1H3,(H,22,23). The third-order valence-corrected chi connectivity index (χ3v) is 3.82. The lowest BCUT2D eigenvalue weighted by molar-refractivity contribution is -0.114. The van der Waals surface area contributed by atoms with E-state index in [1.807, 2.05) is 36.4 Å². The number of hydrogen-bond acceptors (Lipinski definition) is 2. The fourth-order valence-electron chi connectivity index (χ4n) is 2.56. The predicted octanol–water partition coefficient (Wildman–Crippen LogP) is 4.45. The minimum atomic E-state index is -0.0496. The molecule has 1 amide bonds. The summed E-state index contributed by atoms with van der Waals surface area (Å²) in [5, 5.41) is 8.45. The summed E-state index contributed by atoms with van der Waals surface area (Å²) in [4.78, 5) is 12.1. The maximum atomic E-state index is 12.1. The van der Waals surface area contributed by atoms with E-state index in [0.717, 1.165) is 23.2 Å². The molecule has 0 saturated heterocycles. The van der Waals surface area contributed by atoms with Crippen LogP contribution >= 0.6 is 0 Å². The van der Waals surface area contributed by atoms with Crippen molar-refractivity contribution in [3.8, 4) is 0 Å². The first-order valence-corrected chi connectivity index (χ1v) is 7.86. The number of carbonyl (C=O) groups excluding carboxylic acids is 1. The highest BCUT2D eigenvalue weighted by Gasteiger charge is 2.03. The summed E-state index contributed by atoms with van der Waals surface area (Å²) >= 11 is 0. The van der Waals surface area contributed by atoms with E-state index < -0.39 is 0 Å². The van der Waals surface area contributed by atoms with Crippen LogP contribution in [0.2, 0.25) is 0 Å². The molecular formula is C20H20N2O. The number of nitrogens with one attached hydrogen (secondary N) is 2. The molecule has 0 aliphatic rings. The molecule has 3 aromatic carbocycles. The third-order valence-electron chi connectivity index (χ3n) is 3.82. The van der Waals surface area contributed by atoms with E-state index in [2.05, 4.69) is 47.9 Å². The van der Waals surface area contributed by atoms with Crippen LogP contribution in [0.4, 0.5) is 11.4 Å². The van der Waals surface area contributed by atoms with Gasteiger partial charge in [0.1, 0.15) is 0 Å². The molecule has 0 heterocycles. The van der Waals surface area contributed by atoms with Crippen LogP contribution in [0.15, 0.2) is 66.7 Å². The number of carbonyl (C=O) groups is 1. The zero-order valence-corrected chi connectivity index (χ0v) is 13.2. The number of anilines is 2. The molecular weight excluding hydrogens is 284 g/mol. The van der Waals surface area contributed by atoms with Crippen LogP contribution in [0.1, 0.15) is 12.5 Å². The lowest BCUT2D eigenvalue weighted by Crippen LogP contribution is -2.21. The van der Waals surface area contributed by atoms with Gasteiger partial charge in [0.2, 0.25) is 5.91 Å². The Bertz CT molecular complexity index is 826. The van der Waals surface area contributed by atoms with Crippen molar-refractivity contribution in [2.75, 3.05) is 17.2 Å². The van der Waals surface area contributed by atoms with Crippen LogP contribution in [0.25, 0.3) is 10.8 Å². The van der Waals surface area contributed by atoms with Crippen molar-refractivity contribution < 1.29 is 4.79 Å². The fraction of sp³-hybridized carbons (Fsp3) is 0.150. The molecule has 2 N–H and O–H groups in total. The van der Waals surface area contributed by atoms with E-state index in [1.165, 1.54) is 10.9 Å². The Kier molecular flexibility index (Phi) is 4.57. The van der Waals surface area contributed by atoms with Crippen molar-refractivity contribution in [2.45, 2.75) is 13.3 Å². The van der Waals surface area contributed by atoms with E-state index in [4.69, 9.17) is 0 Å². The van der Waals surface area contributed by atoms with Crippen molar-refractivity contribution in [1.82, 2.24) is 0 Å². The Morgan fingerprint density at radius 2 is 1.70 bits per heavy atom. The molecule has 0 radical (unpaired) electrons. The highest BCUT2D eigenvalue weighted by Crippen LogP contribution is 2.18.